The van der Waals surface area contributed by atoms with Crippen LogP contribution < -0.4 is 16.4 Å². The first-order chi connectivity index (χ1) is 18.9. The largest absolute Gasteiger partial charge is 0.481 e. The summed E-state index contributed by atoms with van der Waals surface area (Å²) in [6.07, 6.45) is 17.4. The summed E-state index contributed by atoms with van der Waals surface area (Å²) in [6.45, 7) is 0.719. The van der Waals surface area contributed by atoms with Gasteiger partial charge in [-0.2, -0.15) is 11.8 Å². The number of carbonyl (C=O) groups is 3. The van der Waals surface area contributed by atoms with E-state index in [2.05, 4.69) is 16.7 Å². The first-order valence-corrected chi connectivity index (χ1v) is 15.0. The lowest BCUT2D eigenvalue weighted by molar-refractivity contribution is -0.141. The number of nitrogens with two attached hydrogens (primary N) is 1. The van der Waals surface area contributed by atoms with Crippen molar-refractivity contribution in [1.29, 1.82) is 0 Å². The fourth-order valence-electron chi connectivity index (χ4n) is 5.32. The van der Waals surface area contributed by atoms with Crippen LogP contribution in [0.4, 0.5) is 11.4 Å². The van der Waals surface area contributed by atoms with E-state index in [0.29, 0.717) is 23.0 Å². The molecule has 210 valence electrons. The van der Waals surface area contributed by atoms with E-state index in [9.17, 15) is 19.5 Å². The maximum absolute atomic E-state index is 13.1. The zero-order valence-corrected chi connectivity index (χ0v) is 23.1. The van der Waals surface area contributed by atoms with Crippen LogP contribution in [0, 0.1) is 11.8 Å². The number of ether oxygens (including phenoxy) is 1. The highest BCUT2D eigenvalue weighted by Gasteiger charge is 2.31. The molecular formula is C30H39N3O5S. The van der Waals surface area contributed by atoms with E-state index in [-0.39, 0.29) is 42.2 Å². The van der Waals surface area contributed by atoms with E-state index >= 15 is 0 Å². The van der Waals surface area contributed by atoms with Gasteiger partial charge in [-0.15, -0.1) is 0 Å². The van der Waals surface area contributed by atoms with Crippen LogP contribution in [0.3, 0.4) is 0 Å². The quantitative estimate of drug-likeness (QED) is 0.145. The number of hydrogen-bond donors (Lipinski definition) is 4. The molecule has 1 aromatic rings. The van der Waals surface area contributed by atoms with Gasteiger partial charge >= 0.3 is 5.97 Å². The number of carboxylic acid groups (broad SMARTS) is 1. The Kier molecular flexibility index (Phi) is 10.7. The van der Waals surface area contributed by atoms with Crippen molar-refractivity contribution < 1.29 is 24.2 Å². The molecule has 3 unspecified atom stereocenters. The summed E-state index contributed by atoms with van der Waals surface area (Å²) >= 11 is 1.53. The monoisotopic (exact) mass is 553 g/mol. The van der Waals surface area contributed by atoms with Crippen molar-refractivity contribution in [2.24, 2.45) is 11.8 Å². The van der Waals surface area contributed by atoms with Gasteiger partial charge in [-0.3, -0.25) is 14.4 Å². The topological polar surface area (TPSA) is 131 Å². The van der Waals surface area contributed by atoms with Crippen molar-refractivity contribution in [3.63, 3.8) is 0 Å². The van der Waals surface area contributed by atoms with Gasteiger partial charge in [0.25, 0.3) is 0 Å². The molecule has 3 aliphatic rings. The van der Waals surface area contributed by atoms with Crippen molar-refractivity contribution in [3.8, 4) is 0 Å². The summed E-state index contributed by atoms with van der Waals surface area (Å²) in [6, 6.07) is 4.82. The third-order valence-electron chi connectivity index (χ3n) is 7.51. The number of Topliss-reactive ketones (excluding diaryl/α,β-unsaturated/α-hetero) is 1. The molecule has 1 amide bonds. The van der Waals surface area contributed by atoms with Gasteiger partial charge in [-0.05, 0) is 61.4 Å². The second kappa shape index (κ2) is 14.4. The van der Waals surface area contributed by atoms with E-state index in [4.69, 9.17) is 10.5 Å². The van der Waals surface area contributed by atoms with Crippen LogP contribution >= 0.6 is 11.8 Å². The molecule has 39 heavy (non-hydrogen) atoms. The molecule has 4 rings (SSSR count). The maximum Gasteiger partial charge on any atom is 0.307 e. The highest BCUT2D eigenvalue weighted by atomic mass is 32.2. The Hall–Kier alpha value is -3.04. The normalized spacial score (nSPS) is 21.1. The predicted molar refractivity (Wildman–Crippen MR) is 156 cm³/mol. The van der Waals surface area contributed by atoms with Gasteiger partial charge in [0.05, 0.1) is 35.2 Å². The number of amides is 1. The SMILES string of the molecule is Nc1ccc(C(=O)CC(CC2=CNC3C=CC=CC23)C(=O)O)cc1NC(=O)CSCCCOC1CCCCC1. The molecule has 9 heteroatoms. The second-order valence-corrected chi connectivity index (χ2v) is 11.6. The molecule has 3 atom stereocenters. The number of aliphatic carboxylic acids is 1. The maximum atomic E-state index is 13.1. The second-order valence-electron chi connectivity index (χ2n) is 10.5. The van der Waals surface area contributed by atoms with Gasteiger partial charge in [0.1, 0.15) is 0 Å². The van der Waals surface area contributed by atoms with Crippen molar-refractivity contribution in [2.75, 3.05) is 29.2 Å². The van der Waals surface area contributed by atoms with E-state index < -0.39 is 11.9 Å². The van der Waals surface area contributed by atoms with Gasteiger partial charge in [0, 0.05) is 24.5 Å². The average Bonchev–Trinajstić information content (AvgIpc) is 3.34. The van der Waals surface area contributed by atoms with Crippen molar-refractivity contribution in [2.45, 2.75) is 63.5 Å². The molecule has 1 saturated carbocycles. The van der Waals surface area contributed by atoms with Gasteiger partial charge in [0.15, 0.2) is 5.78 Å². The average molecular weight is 554 g/mol. The highest BCUT2D eigenvalue weighted by Crippen LogP contribution is 2.32. The molecule has 8 nitrogen and oxygen atoms in total. The highest BCUT2D eigenvalue weighted by molar-refractivity contribution is 7.99. The van der Waals surface area contributed by atoms with Crippen LogP contribution in [-0.2, 0) is 14.3 Å². The molecule has 1 heterocycles. The predicted octanol–water partition coefficient (Wildman–Crippen LogP) is 4.94. The number of nitrogens with one attached hydrogen (secondary N) is 2. The van der Waals surface area contributed by atoms with E-state index in [1.807, 2.05) is 24.4 Å². The Labute approximate surface area is 234 Å². The number of hydrogen-bond acceptors (Lipinski definition) is 7. The zero-order chi connectivity index (χ0) is 27.6. The number of carboxylic acids is 1. The van der Waals surface area contributed by atoms with Crippen LogP contribution in [0.1, 0.15) is 61.7 Å². The molecule has 0 saturated heterocycles. The molecule has 1 aromatic carbocycles. The molecule has 2 aliphatic carbocycles. The molecule has 0 radical (unpaired) electrons. The van der Waals surface area contributed by atoms with Crippen LogP contribution in [0.2, 0.25) is 0 Å². The number of ketones is 1. The number of allylic oxidation sites excluding steroid dienone is 2. The van der Waals surface area contributed by atoms with Crippen molar-refractivity contribution in [3.05, 3.63) is 59.8 Å². The van der Waals surface area contributed by atoms with Crippen LogP contribution in [-0.4, -0.2) is 53.0 Å². The summed E-state index contributed by atoms with van der Waals surface area (Å²) in [5, 5.41) is 15.9. The fourth-order valence-corrected chi connectivity index (χ4v) is 6.04. The number of nitrogen functional groups attached to an aromatic ring is 1. The Morgan fingerprint density at radius 1 is 1.15 bits per heavy atom. The summed E-state index contributed by atoms with van der Waals surface area (Å²) in [7, 11) is 0. The minimum Gasteiger partial charge on any atom is -0.481 e. The van der Waals surface area contributed by atoms with Gasteiger partial charge in [-0.25, -0.2) is 0 Å². The molecule has 0 bridgehead atoms. The van der Waals surface area contributed by atoms with Gasteiger partial charge in [-0.1, -0.05) is 43.6 Å². The first kappa shape index (κ1) is 29.0. The number of rotatable bonds is 14. The van der Waals surface area contributed by atoms with E-state index in [1.54, 1.807) is 12.1 Å². The minimum atomic E-state index is -1.01. The number of thioether (sulfide) groups is 1. The van der Waals surface area contributed by atoms with Crippen molar-refractivity contribution in [1.82, 2.24) is 5.32 Å². The van der Waals surface area contributed by atoms with Gasteiger partial charge in [0.2, 0.25) is 5.91 Å². The first-order valence-electron chi connectivity index (χ1n) is 13.9. The number of benzene rings is 1. The van der Waals surface area contributed by atoms with Crippen molar-refractivity contribution >= 4 is 40.8 Å². The molecule has 5 N–H and O–H groups in total. The summed E-state index contributed by atoms with van der Waals surface area (Å²) in [4.78, 5) is 37.6. The van der Waals surface area contributed by atoms with Crippen LogP contribution in [0.15, 0.2) is 54.3 Å². The molecule has 1 fully saturated rings. The smallest absolute Gasteiger partial charge is 0.307 e. The van der Waals surface area contributed by atoms with Gasteiger partial charge < -0.3 is 26.2 Å². The minimum absolute atomic E-state index is 0.104. The zero-order valence-electron chi connectivity index (χ0n) is 22.3. The Bertz CT molecular complexity index is 1130. The summed E-state index contributed by atoms with van der Waals surface area (Å²) < 4.78 is 5.93. The standard InChI is InChI=1S/C30H39N3O5S/c31-25-12-11-20(16-27(25)33-29(35)19-39-14-6-13-38-23-7-2-1-3-8-23)28(34)17-21(30(36)37)15-22-18-32-26-10-5-4-9-24(22)26/h4-5,9-12,16,18,21,23-24,26,32H,1-3,6-8,13-15,17,19,31H2,(H,33,35)(H,36,37). The van der Waals surface area contributed by atoms with Crippen LogP contribution in [0.5, 0.6) is 0 Å². The lowest BCUT2D eigenvalue weighted by atomic mass is 9.84. The Morgan fingerprint density at radius 2 is 1.95 bits per heavy atom. The third kappa shape index (κ3) is 8.47. The van der Waals surface area contributed by atoms with E-state index in [1.165, 1.54) is 37.1 Å². The number of anilines is 2. The molecular weight excluding hydrogens is 514 g/mol. The van der Waals surface area contributed by atoms with Crippen LogP contribution in [0.25, 0.3) is 0 Å². The fraction of sp³-hybridized carbons (Fsp3) is 0.500. The molecule has 0 spiro atoms. The lowest BCUT2D eigenvalue weighted by Crippen LogP contribution is -2.26. The third-order valence-corrected chi connectivity index (χ3v) is 8.55. The molecule has 1 aliphatic heterocycles. The number of fused-ring (bicyclic) bond motifs is 1. The molecule has 0 aromatic heterocycles. The number of carbonyl (C=O) groups excluding carboxylic acids is 2. The lowest BCUT2D eigenvalue weighted by Gasteiger charge is -2.21. The summed E-state index contributed by atoms with van der Waals surface area (Å²) in [5.41, 5.74) is 8.08. The van der Waals surface area contributed by atoms with E-state index in [0.717, 1.165) is 37.2 Å². The Morgan fingerprint density at radius 3 is 2.74 bits per heavy atom. The summed E-state index contributed by atoms with van der Waals surface area (Å²) in [5.74, 6) is -1.15. The Balaban J connectivity index is 1.23.